The SMILES string of the molecule is CCOC(=O)C(NCCOC)C1CCCC(C)C1. The van der Waals surface area contributed by atoms with Crippen molar-refractivity contribution in [2.45, 2.75) is 45.6 Å². The van der Waals surface area contributed by atoms with Crippen LogP contribution in [0.15, 0.2) is 0 Å². The zero-order valence-electron chi connectivity index (χ0n) is 11.9. The summed E-state index contributed by atoms with van der Waals surface area (Å²) >= 11 is 0. The Labute approximate surface area is 110 Å². The van der Waals surface area contributed by atoms with Gasteiger partial charge in [-0.25, -0.2) is 0 Å². The van der Waals surface area contributed by atoms with Crippen LogP contribution in [0.1, 0.15) is 39.5 Å². The maximum atomic E-state index is 12.0. The smallest absolute Gasteiger partial charge is 0.323 e. The Balaban J connectivity index is 2.54. The van der Waals surface area contributed by atoms with Crippen LogP contribution in [-0.2, 0) is 14.3 Å². The largest absolute Gasteiger partial charge is 0.465 e. The fourth-order valence-electron chi connectivity index (χ4n) is 2.77. The summed E-state index contributed by atoms with van der Waals surface area (Å²) in [6.07, 6.45) is 4.73. The van der Waals surface area contributed by atoms with E-state index in [0.717, 1.165) is 12.8 Å². The van der Waals surface area contributed by atoms with E-state index in [2.05, 4.69) is 12.2 Å². The number of carbonyl (C=O) groups excluding carboxylic acids is 1. The molecule has 1 N–H and O–H groups in total. The van der Waals surface area contributed by atoms with Crippen molar-refractivity contribution in [3.63, 3.8) is 0 Å². The molecule has 0 saturated heterocycles. The van der Waals surface area contributed by atoms with Gasteiger partial charge in [0.2, 0.25) is 0 Å². The molecule has 1 rings (SSSR count). The first-order valence-corrected chi connectivity index (χ1v) is 7.08. The first kappa shape index (κ1) is 15.4. The molecule has 0 aliphatic heterocycles. The quantitative estimate of drug-likeness (QED) is 0.559. The highest BCUT2D eigenvalue weighted by Gasteiger charge is 2.32. The van der Waals surface area contributed by atoms with Crippen molar-refractivity contribution in [1.29, 1.82) is 0 Å². The number of hydrogen-bond donors (Lipinski definition) is 1. The molecule has 0 heterocycles. The molecule has 0 spiro atoms. The van der Waals surface area contributed by atoms with E-state index in [9.17, 15) is 4.79 Å². The van der Waals surface area contributed by atoms with Crippen molar-refractivity contribution in [3.8, 4) is 0 Å². The van der Waals surface area contributed by atoms with Gasteiger partial charge in [0, 0.05) is 13.7 Å². The van der Waals surface area contributed by atoms with Crippen LogP contribution in [-0.4, -0.2) is 38.9 Å². The average Bonchev–Trinajstić information content (AvgIpc) is 2.35. The van der Waals surface area contributed by atoms with Gasteiger partial charge in [0.1, 0.15) is 6.04 Å². The molecule has 3 atom stereocenters. The zero-order valence-corrected chi connectivity index (χ0v) is 11.9. The maximum Gasteiger partial charge on any atom is 0.323 e. The molecule has 0 aromatic heterocycles. The van der Waals surface area contributed by atoms with Crippen LogP contribution in [0.4, 0.5) is 0 Å². The lowest BCUT2D eigenvalue weighted by Crippen LogP contribution is -2.46. The topological polar surface area (TPSA) is 47.6 Å². The molecule has 4 nitrogen and oxygen atoms in total. The summed E-state index contributed by atoms with van der Waals surface area (Å²) in [4.78, 5) is 12.0. The first-order chi connectivity index (χ1) is 8.69. The zero-order chi connectivity index (χ0) is 13.4. The third-order valence-corrected chi connectivity index (χ3v) is 3.66. The van der Waals surface area contributed by atoms with Crippen molar-refractivity contribution >= 4 is 5.97 Å². The first-order valence-electron chi connectivity index (χ1n) is 7.08. The monoisotopic (exact) mass is 257 g/mol. The molecule has 1 aliphatic rings. The third-order valence-electron chi connectivity index (χ3n) is 3.66. The van der Waals surface area contributed by atoms with E-state index < -0.39 is 0 Å². The van der Waals surface area contributed by atoms with Crippen molar-refractivity contribution in [3.05, 3.63) is 0 Å². The Morgan fingerprint density at radius 3 is 2.83 bits per heavy atom. The predicted molar refractivity (Wildman–Crippen MR) is 71.4 cm³/mol. The lowest BCUT2D eigenvalue weighted by Gasteiger charge is -2.32. The molecule has 18 heavy (non-hydrogen) atoms. The van der Waals surface area contributed by atoms with Crippen molar-refractivity contribution < 1.29 is 14.3 Å². The van der Waals surface area contributed by atoms with Crippen molar-refractivity contribution in [1.82, 2.24) is 5.32 Å². The van der Waals surface area contributed by atoms with Crippen LogP contribution in [0.2, 0.25) is 0 Å². The Hall–Kier alpha value is -0.610. The normalized spacial score (nSPS) is 25.7. The number of rotatable bonds is 7. The third kappa shape index (κ3) is 4.94. The highest BCUT2D eigenvalue weighted by molar-refractivity contribution is 5.76. The second-order valence-electron chi connectivity index (χ2n) is 5.21. The Morgan fingerprint density at radius 1 is 1.44 bits per heavy atom. The van der Waals surface area contributed by atoms with Gasteiger partial charge in [-0.3, -0.25) is 4.79 Å². The molecule has 1 fully saturated rings. The van der Waals surface area contributed by atoms with Crippen molar-refractivity contribution in [2.75, 3.05) is 26.9 Å². The van der Waals surface area contributed by atoms with Crippen molar-refractivity contribution in [2.24, 2.45) is 11.8 Å². The van der Waals surface area contributed by atoms with Gasteiger partial charge >= 0.3 is 5.97 Å². The highest BCUT2D eigenvalue weighted by Crippen LogP contribution is 2.31. The minimum atomic E-state index is -0.164. The van der Waals surface area contributed by atoms with Gasteiger partial charge in [-0.2, -0.15) is 0 Å². The van der Waals surface area contributed by atoms with Crippen LogP contribution in [0.5, 0.6) is 0 Å². The number of methoxy groups -OCH3 is 1. The van der Waals surface area contributed by atoms with Crippen LogP contribution in [0.25, 0.3) is 0 Å². The summed E-state index contributed by atoms with van der Waals surface area (Å²) in [6, 6.07) is -0.164. The molecule has 0 radical (unpaired) electrons. The summed E-state index contributed by atoms with van der Waals surface area (Å²) < 4.78 is 10.2. The van der Waals surface area contributed by atoms with E-state index in [0.29, 0.717) is 31.6 Å². The molecule has 0 aromatic rings. The Morgan fingerprint density at radius 2 is 2.22 bits per heavy atom. The van der Waals surface area contributed by atoms with Gasteiger partial charge in [-0.1, -0.05) is 19.8 Å². The number of carbonyl (C=O) groups is 1. The van der Waals surface area contributed by atoms with Gasteiger partial charge in [0.15, 0.2) is 0 Å². The van der Waals surface area contributed by atoms with Gasteiger partial charge < -0.3 is 14.8 Å². The lowest BCUT2D eigenvalue weighted by atomic mass is 9.78. The summed E-state index contributed by atoms with van der Waals surface area (Å²) in [5.74, 6) is 1.02. The fourth-order valence-corrected chi connectivity index (χ4v) is 2.77. The molecule has 106 valence electrons. The summed E-state index contributed by atoms with van der Waals surface area (Å²) in [5.41, 5.74) is 0. The van der Waals surface area contributed by atoms with E-state index in [-0.39, 0.29) is 12.0 Å². The summed E-state index contributed by atoms with van der Waals surface area (Å²) in [6.45, 7) is 5.89. The second kappa shape index (κ2) is 8.48. The average molecular weight is 257 g/mol. The van der Waals surface area contributed by atoms with Gasteiger partial charge in [-0.05, 0) is 31.6 Å². The fraction of sp³-hybridized carbons (Fsp3) is 0.929. The number of ether oxygens (including phenoxy) is 2. The van der Waals surface area contributed by atoms with Crippen LogP contribution < -0.4 is 5.32 Å². The number of esters is 1. The molecule has 3 unspecified atom stereocenters. The minimum Gasteiger partial charge on any atom is -0.465 e. The molecule has 0 amide bonds. The number of nitrogens with one attached hydrogen (secondary N) is 1. The van der Waals surface area contributed by atoms with E-state index in [1.54, 1.807) is 7.11 Å². The maximum absolute atomic E-state index is 12.0. The van der Waals surface area contributed by atoms with E-state index in [1.165, 1.54) is 12.8 Å². The van der Waals surface area contributed by atoms with Gasteiger partial charge in [-0.15, -0.1) is 0 Å². The van der Waals surface area contributed by atoms with Crippen LogP contribution in [0.3, 0.4) is 0 Å². The number of hydrogen-bond acceptors (Lipinski definition) is 4. The lowest BCUT2D eigenvalue weighted by molar-refractivity contribution is -0.147. The van der Waals surface area contributed by atoms with Crippen LogP contribution >= 0.6 is 0 Å². The van der Waals surface area contributed by atoms with Crippen LogP contribution in [0, 0.1) is 11.8 Å². The second-order valence-corrected chi connectivity index (χ2v) is 5.21. The van der Waals surface area contributed by atoms with Gasteiger partial charge in [0.05, 0.1) is 13.2 Å². The Bertz CT molecular complexity index is 245. The van der Waals surface area contributed by atoms with E-state index in [1.807, 2.05) is 6.92 Å². The Kier molecular flexibility index (Phi) is 7.28. The molecule has 1 aliphatic carbocycles. The minimum absolute atomic E-state index is 0.104. The summed E-state index contributed by atoms with van der Waals surface area (Å²) in [5, 5.41) is 3.30. The standard InChI is InChI=1S/C14H27NO3/c1-4-18-14(16)13(15-8-9-17-3)12-7-5-6-11(2)10-12/h11-13,15H,4-10H2,1-3H3. The highest BCUT2D eigenvalue weighted by atomic mass is 16.5. The molecule has 4 heteroatoms. The van der Waals surface area contributed by atoms with E-state index in [4.69, 9.17) is 9.47 Å². The summed E-state index contributed by atoms with van der Waals surface area (Å²) in [7, 11) is 1.67. The molecule has 0 aromatic carbocycles. The van der Waals surface area contributed by atoms with Gasteiger partial charge in [0.25, 0.3) is 0 Å². The molecular formula is C14H27NO3. The predicted octanol–water partition coefficient (Wildman–Crippen LogP) is 1.98. The molecular weight excluding hydrogens is 230 g/mol. The van der Waals surface area contributed by atoms with E-state index >= 15 is 0 Å². The molecule has 1 saturated carbocycles. The molecule has 0 bridgehead atoms.